The quantitative estimate of drug-likeness (QED) is 0.669. The topological polar surface area (TPSA) is 34.4 Å². The zero-order valence-corrected chi connectivity index (χ0v) is 12.3. The van der Waals surface area contributed by atoms with Crippen molar-refractivity contribution in [3.05, 3.63) is 64.7 Å². The molecule has 22 heavy (non-hydrogen) atoms. The molecular formula is C17H11FN2OS. The van der Waals surface area contributed by atoms with Gasteiger partial charge in [0.15, 0.2) is 4.80 Å². The van der Waals surface area contributed by atoms with Gasteiger partial charge in [-0.25, -0.2) is 4.39 Å². The zero-order valence-electron chi connectivity index (χ0n) is 11.5. The first-order valence-corrected chi connectivity index (χ1v) is 7.37. The fourth-order valence-corrected chi connectivity index (χ4v) is 3.12. The number of carbonyl (C=O) groups excluding carboxylic acids is 1. The molecule has 0 N–H and O–H groups in total. The highest BCUT2D eigenvalue weighted by Gasteiger charge is 2.08. The number of amides is 1. The maximum absolute atomic E-state index is 12.9. The normalized spacial score (nSPS) is 11.5. The van der Waals surface area contributed by atoms with E-state index in [0.29, 0.717) is 16.9 Å². The van der Waals surface area contributed by atoms with E-state index in [1.54, 1.807) is 0 Å². The summed E-state index contributed by atoms with van der Waals surface area (Å²) < 4.78 is 15.7. The Labute approximate surface area is 130 Å². The Morgan fingerprint density at radius 2 is 1.95 bits per heavy atom. The van der Waals surface area contributed by atoms with Crippen molar-refractivity contribution in [3.63, 3.8) is 0 Å². The molecule has 0 aliphatic carbocycles. The first-order chi connectivity index (χ1) is 10.7. The first-order valence-electron chi connectivity index (χ1n) is 6.55. The van der Waals surface area contributed by atoms with Crippen molar-refractivity contribution >= 4 is 27.5 Å². The van der Waals surface area contributed by atoms with E-state index in [-0.39, 0.29) is 5.82 Å². The Morgan fingerprint density at radius 3 is 2.68 bits per heavy atom. The average Bonchev–Trinajstić information content (AvgIpc) is 2.86. The Morgan fingerprint density at radius 1 is 1.23 bits per heavy atom. The Hall–Kier alpha value is -2.71. The fourth-order valence-electron chi connectivity index (χ4n) is 2.09. The van der Waals surface area contributed by atoms with Gasteiger partial charge in [0.2, 0.25) is 0 Å². The molecule has 0 aliphatic rings. The molecule has 0 saturated carbocycles. The third kappa shape index (κ3) is 2.69. The van der Waals surface area contributed by atoms with Crippen LogP contribution in [-0.4, -0.2) is 10.5 Å². The van der Waals surface area contributed by atoms with Crippen LogP contribution in [0.4, 0.5) is 4.39 Å². The van der Waals surface area contributed by atoms with Gasteiger partial charge in [0.1, 0.15) is 5.82 Å². The second kappa shape index (κ2) is 5.96. The van der Waals surface area contributed by atoms with E-state index in [4.69, 9.17) is 6.42 Å². The minimum absolute atomic E-state index is 0.333. The number of halogens is 1. The van der Waals surface area contributed by atoms with Gasteiger partial charge in [-0.15, -0.1) is 6.42 Å². The predicted octanol–water partition coefficient (Wildman–Crippen LogP) is 3.22. The summed E-state index contributed by atoms with van der Waals surface area (Å²) in [5.74, 6) is 1.76. The second-order valence-electron chi connectivity index (χ2n) is 4.57. The maximum Gasteiger partial charge on any atom is 0.279 e. The van der Waals surface area contributed by atoms with Gasteiger partial charge in [0.25, 0.3) is 5.91 Å². The Bertz CT molecular complexity index is 945. The van der Waals surface area contributed by atoms with Crippen LogP contribution in [0.5, 0.6) is 0 Å². The summed E-state index contributed by atoms with van der Waals surface area (Å²) in [5.41, 5.74) is 1.28. The van der Waals surface area contributed by atoms with Crippen LogP contribution in [0.25, 0.3) is 10.2 Å². The molecule has 3 rings (SSSR count). The van der Waals surface area contributed by atoms with Crippen LogP contribution in [0, 0.1) is 18.2 Å². The SMILES string of the molecule is C#CCn1c(=NC(=O)c2ccc(F)cc2)sc2ccccc21. The van der Waals surface area contributed by atoms with E-state index in [1.165, 1.54) is 35.6 Å². The summed E-state index contributed by atoms with van der Waals surface area (Å²) in [6, 6.07) is 13.0. The van der Waals surface area contributed by atoms with E-state index >= 15 is 0 Å². The second-order valence-corrected chi connectivity index (χ2v) is 5.58. The molecule has 3 nitrogen and oxygen atoms in total. The Balaban J connectivity index is 2.12. The van der Waals surface area contributed by atoms with Gasteiger partial charge in [0.05, 0.1) is 16.8 Å². The summed E-state index contributed by atoms with van der Waals surface area (Å²) in [7, 11) is 0. The summed E-state index contributed by atoms with van der Waals surface area (Å²) in [5, 5.41) is 0. The van der Waals surface area contributed by atoms with Crippen molar-refractivity contribution in [2.45, 2.75) is 6.54 Å². The third-order valence-corrected chi connectivity index (χ3v) is 4.19. The van der Waals surface area contributed by atoms with Gasteiger partial charge in [-0.1, -0.05) is 29.4 Å². The van der Waals surface area contributed by atoms with Crippen molar-refractivity contribution < 1.29 is 9.18 Å². The van der Waals surface area contributed by atoms with Crippen molar-refractivity contribution in [1.29, 1.82) is 0 Å². The molecule has 0 radical (unpaired) electrons. The van der Waals surface area contributed by atoms with Gasteiger partial charge < -0.3 is 4.57 Å². The van der Waals surface area contributed by atoms with E-state index in [1.807, 2.05) is 28.8 Å². The molecule has 0 spiro atoms. The Kier molecular flexibility index (Phi) is 3.86. The van der Waals surface area contributed by atoms with Gasteiger partial charge in [-0.2, -0.15) is 4.99 Å². The number of nitrogens with zero attached hydrogens (tertiary/aromatic N) is 2. The average molecular weight is 310 g/mol. The fraction of sp³-hybridized carbons (Fsp3) is 0.0588. The van der Waals surface area contributed by atoms with E-state index in [0.717, 1.165) is 10.2 Å². The lowest BCUT2D eigenvalue weighted by atomic mass is 10.2. The summed E-state index contributed by atoms with van der Waals surface area (Å²) in [6.45, 7) is 0.333. The number of thiazole rings is 1. The summed E-state index contributed by atoms with van der Waals surface area (Å²) in [4.78, 5) is 16.9. The number of terminal acetylenes is 1. The van der Waals surface area contributed by atoms with Crippen LogP contribution in [0.2, 0.25) is 0 Å². The number of fused-ring (bicyclic) bond motifs is 1. The van der Waals surface area contributed by atoms with Crippen LogP contribution < -0.4 is 4.80 Å². The van der Waals surface area contributed by atoms with Crippen LogP contribution >= 0.6 is 11.3 Å². The van der Waals surface area contributed by atoms with Crippen LogP contribution in [0.1, 0.15) is 10.4 Å². The highest BCUT2D eigenvalue weighted by molar-refractivity contribution is 7.16. The van der Waals surface area contributed by atoms with Gasteiger partial charge >= 0.3 is 0 Å². The molecule has 3 aromatic rings. The number of carbonyl (C=O) groups is 1. The monoisotopic (exact) mass is 310 g/mol. The van der Waals surface area contributed by atoms with Crippen molar-refractivity contribution in [2.24, 2.45) is 4.99 Å². The molecular weight excluding hydrogens is 299 g/mol. The number of benzene rings is 2. The van der Waals surface area contributed by atoms with E-state index in [9.17, 15) is 9.18 Å². The molecule has 0 saturated heterocycles. The summed E-state index contributed by atoms with van der Waals surface area (Å²) in [6.07, 6.45) is 5.40. The lowest BCUT2D eigenvalue weighted by molar-refractivity contribution is 0.0998. The van der Waals surface area contributed by atoms with E-state index in [2.05, 4.69) is 10.9 Å². The van der Waals surface area contributed by atoms with Gasteiger partial charge in [-0.05, 0) is 36.4 Å². The predicted molar refractivity (Wildman–Crippen MR) is 84.9 cm³/mol. The molecule has 1 heterocycles. The van der Waals surface area contributed by atoms with Gasteiger partial charge in [-0.3, -0.25) is 4.79 Å². The molecule has 0 aliphatic heterocycles. The number of para-hydroxylation sites is 1. The lowest BCUT2D eigenvalue weighted by Gasteiger charge is -1.99. The van der Waals surface area contributed by atoms with Crippen molar-refractivity contribution in [2.75, 3.05) is 0 Å². The highest BCUT2D eigenvalue weighted by Crippen LogP contribution is 2.16. The van der Waals surface area contributed by atoms with Crippen LogP contribution in [-0.2, 0) is 6.54 Å². The molecule has 0 fully saturated rings. The van der Waals surface area contributed by atoms with Crippen molar-refractivity contribution in [1.82, 2.24) is 4.57 Å². The third-order valence-electron chi connectivity index (χ3n) is 3.13. The van der Waals surface area contributed by atoms with Crippen LogP contribution in [0.3, 0.4) is 0 Å². The maximum atomic E-state index is 12.9. The number of aromatic nitrogens is 1. The molecule has 1 aromatic heterocycles. The minimum Gasteiger partial charge on any atom is -0.305 e. The standard InChI is InChI=1S/C17H11FN2OS/c1-2-11-20-14-5-3-4-6-15(14)22-17(20)19-16(21)12-7-9-13(18)10-8-12/h1,3-10H,11H2. The zero-order chi connectivity index (χ0) is 15.5. The van der Waals surface area contributed by atoms with Crippen molar-refractivity contribution in [3.8, 4) is 12.3 Å². The number of hydrogen-bond donors (Lipinski definition) is 0. The minimum atomic E-state index is -0.419. The van der Waals surface area contributed by atoms with E-state index < -0.39 is 5.91 Å². The molecule has 0 unspecified atom stereocenters. The number of rotatable bonds is 2. The summed E-state index contributed by atoms with van der Waals surface area (Å²) >= 11 is 1.40. The molecule has 1 amide bonds. The van der Waals surface area contributed by atoms with Gasteiger partial charge in [0, 0.05) is 5.56 Å². The highest BCUT2D eigenvalue weighted by atomic mass is 32.1. The smallest absolute Gasteiger partial charge is 0.279 e. The molecule has 108 valence electrons. The lowest BCUT2D eigenvalue weighted by Crippen LogP contribution is -2.16. The van der Waals surface area contributed by atoms with Crippen LogP contribution in [0.15, 0.2) is 53.5 Å². The first kappa shape index (κ1) is 14.2. The molecule has 0 atom stereocenters. The number of hydrogen-bond acceptors (Lipinski definition) is 2. The molecule has 0 bridgehead atoms. The largest absolute Gasteiger partial charge is 0.305 e. The molecule has 5 heteroatoms. The molecule has 2 aromatic carbocycles.